The van der Waals surface area contributed by atoms with E-state index in [1.165, 1.54) is 21.3 Å². The Balaban J connectivity index is 3.36. The maximum atomic E-state index is 9.58. The third-order valence-corrected chi connectivity index (χ3v) is 2.67. The monoisotopic (exact) mass is 251 g/mol. The van der Waals surface area contributed by atoms with Gasteiger partial charge in [0.15, 0.2) is 11.5 Å². The average Bonchev–Trinajstić information content (AvgIpc) is 2.37. The Hall–Kier alpha value is -1.93. The number of rotatable bonds is 5. The second-order valence-corrected chi connectivity index (χ2v) is 3.81. The number of hydrogen-bond acceptors (Lipinski definition) is 5. The van der Waals surface area contributed by atoms with Crippen molar-refractivity contribution >= 4 is 0 Å². The molecule has 98 valence electrons. The molecule has 2 unspecified atom stereocenters. The van der Waals surface area contributed by atoms with Crippen LogP contribution in [0.1, 0.15) is 18.4 Å². The van der Waals surface area contributed by atoms with E-state index in [0.717, 1.165) is 0 Å². The number of aliphatic hydroxyl groups is 1. The normalized spacial score (nSPS) is 13.3. The summed E-state index contributed by atoms with van der Waals surface area (Å²) in [6.45, 7) is 1.57. The first kappa shape index (κ1) is 14.1. The van der Waals surface area contributed by atoms with Gasteiger partial charge in [-0.2, -0.15) is 5.26 Å². The smallest absolute Gasteiger partial charge is 0.203 e. The fraction of sp³-hybridized carbons (Fsp3) is 0.462. The molecule has 0 fully saturated rings. The maximum Gasteiger partial charge on any atom is 0.203 e. The predicted octanol–water partition coefficient (Wildman–Crippen LogP) is 1.70. The first-order valence-electron chi connectivity index (χ1n) is 5.46. The molecule has 0 heterocycles. The van der Waals surface area contributed by atoms with Crippen LogP contribution in [0.4, 0.5) is 0 Å². The first-order chi connectivity index (χ1) is 8.58. The van der Waals surface area contributed by atoms with Gasteiger partial charge in [0.2, 0.25) is 5.75 Å². The van der Waals surface area contributed by atoms with Crippen LogP contribution in [0, 0.1) is 11.3 Å². The van der Waals surface area contributed by atoms with E-state index in [9.17, 15) is 5.11 Å². The average molecular weight is 251 g/mol. The molecule has 5 nitrogen and oxygen atoms in total. The van der Waals surface area contributed by atoms with E-state index in [4.69, 9.17) is 19.5 Å². The van der Waals surface area contributed by atoms with Crippen LogP contribution < -0.4 is 14.2 Å². The van der Waals surface area contributed by atoms with Crippen LogP contribution in [0.2, 0.25) is 0 Å². The lowest BCUT2D eigenvalue weighted by atomic mass is 9.95. The van der Waals surface area contributed by atoms with Gasteiger partial charge in [-0.3, -0.25) is 0 Å². The molecular formula is C13H17NO4. The highest BCUT2D eigenvalue weighted by Crippen LogP contribution is 2.40. The molecule has 0 amide bonds. The molecule has 2 atom stereocenters. The van der Waals surface area contributed by atoms with Crippen molar-refractivity contribution in [3.8, 4) is 23.3 Å². The summed E-state index contributed by atoms with van der Waals surface area (Å²) in [4.78, 5) is 0. The van der Waals surface area contributed by atoms with E-state index in [-0.39, 0.29) is 0 Å². The van der Waals surface area contributed by atoms with Gasteiger partial charge in [-0.05, 0) is 24.6 Å². The fourth-order valence-electron chi connectivity index (χ4n) is 1.74. The Morgan fingerprint density at radius 3 is 1.89 bits per heavy atom. The Morgan fingerprint density at radius 2 is 1.61 bits per heavy atom. The molecule has 0 saturated carbocycles. The standard InChI is InChI=1S/C13H17NO4/c1-8(15)10(7-14)9-5-11(16-2)13(18-4)12(6-9)17-3/h5-6,8,10,15H,1-4H3. The molecule has 0 spiro atoms. The van der Waals surface area contributed by atoms with Crippen LogP contribution in [-0.4, -0.2) is 32.5 Å². The van der Waals surface area contributed by atoms with Crippen LogP contribution >= 0.6 is 0 Å². The third kappa shape index (κ3) is 2.66. The highest BCUT2D eigenvalue weighted by molar-refractivity contribution is 5.55. The number of ether oxygens (including phenoxy) is 3. The number of methoxy groups -OCH3 is 3. The van der Waals surface area contributed by atoms with Gasteiger partial charge in [-0.1, -0.05) is 0 Å². The summed E-state index contributed by atoms with van der Waals surface area (Å²) in [5, 5.41) is 18.7. The number of nitriles is 1. The number of aliphatic hydroxyl groups excluding tert-OH is 1. The lowest BCUT2D eigenvalue weighted by Crippen LogP contribution is -2.13. The van der Waals surface area contributed by atoms with Gasteiger partial charge in [-0.25, -0.2) is 0 Å². The van der Waals surface area contributed by atoms with E-state index in [0.29, 0.717) is 22.8 Å². The van der Waals surface area contributed by atoms with Gasteiger partial charge < -0.3 is 19.3 Å². The van der Waals surface area contributed by atoms with Gasteiger partial charge >= 0.3 is 0 Å². The van der Waals surface area contributed by atoms with E-state index in [2.05, 4.69) is 6.07 Å². The molecule has 0 aromatic heterocycles. The quantitative estimate of drug-likeness (QED) is 0.862. The summed E-state index contributed by atoms with van der Waals surface area (Å²) in [7, 11) is 4.52. The van der Waals surface area contributed by atoms with E-state index in [1.807, 2.05) is 0 Å². The van der Waals surface area contributed by atoms with Crippen molar-refractivity contribution in [2.24, 2.45) is 0 Å². The lowest BCUT2D eigenvalue weighted by molar-refractivity contribution is 0.181. The summed E-state index contributed by atoms with van der Waals surface area (Å²) < 4.78 is 15.6. The zero-order valence-corrected chi connectivity index (χ0v) is 10.9. The van der Waals surface area contributed by atoms with Crippen molar-refractivity contribution in [2.75, 3.05) is 21.3 Å². The number of nitrogens with zero attached hydrogens (tertiary/aromatic N) is 1. The minimum atomic E-state index is -0.780. The summed E-state index contributed by atoms with van der Waals surface area (Å²) in [6, 6.07) is 5.39. The maximum absolute atomic E-state index is 9.58. The number of hydrogen-bond donors (Lipinski definition) is 1. The molecule has 0 aliphatic rings. The van der Waals surface area contributed by atoms with Crippen LogP contribution in [0.25, 0.3) is 0 Å². The summed E-state index contributed by atoms with van der Waals surface area (Å²) in [5.74, 6) is 0.755. The van der Waals surface area contributed by atoms with Crippen LogP contribution in [-0.2, 0) is 0 Å². The predicted molar refractivity (Wildman–Crippen MR) is 66.1 cm³/mol. The zero-order chi connectivity index (χ0) is 13.7. The second-order valence-electron chi connectivity index (χ2n) is 3.81. The molecule has 1 aromatic carbocycles. The van der Waals surface area contributed by atoms with Crippen molar-refractivity contribution in [1.29, 1.82) is 5.26 Å². The van der Waals surface area contributed by atoms with E-state index >= 15 is 0 Å². The van der Waals surface area contributed by atoms with Gasteiger partial charge in [0.25, 0.3) is 0 Å². The molecule has 5 heteroatoms. The molecule has 0 aliphatic heterocycles. The third-order valence-electron chi connectivity index (χ3n) is 2.67. The largest absolute Gasteiger partial charge is 0.493 e. The van der Waals surface area contributed by atoms with Crippen molar-refractivity contribution in [3.05, 3.63) is 17.7 Å². The Bertz CT molecular complexity index is 426. The second kappa shape index (κ2) is 6.12. The minimum absolute atomic E-state index is 0.464. The van der Waals surface area contributed by atoms with Crippen molar-refractivity contribution in [2.45, 2.75) is 18.9 Å². The summed E-state index contributed by atoms with van der Waals surface area (Å²) >= 11 is 0. The van der Waals surface area contributed by atoms with Gasteiger partial charge in [-0.15, -0.1) is 0 Å². The molecule has 1 aromatic rings. The SMILES string of the molecule is COc1cc(C(C#N)C(C)O)cc(OC)c1OC. The number of benzene rings is 1. The molecular weight excluding hydrogens is 234 g/mol. The Morgan fingerprint density at radius 1 is 1.11 bits per heavy atom. The Kier molecular flexibility index (Phi) is 4.81. The fourth-order valence-corrected chi connectivity index (χ4v) is 1.74. The lowest BCUT2D eigenvalue weighted by Gasteiger charge is -2.17. The van der Waals surface area contributed by atoms with Gasteiger partial charge in [0.1, 0.15) is 0 Å². The molecule has 1 N–H and O–H groups in total. The first-order valence-corrected chi connectivity index (χ1v) is 5.46. The van der Waals surface area contributed by atoms with E-state index in [1.54, 1.807) is 19.1 Å². The minimum Gasteiger partial charge on any atom is -0.493 e. The molecule has 0 saturated heterocycles. The Labute approximate surface area is 107 Å². The van der Waals surface area contributed by atoms with E-state index < -0.39 is 12.0 Å². The van der Waals surface area contributed by atoms with Crippen LogP contribution in [0.3, 0.4) is 0 Å². The van der Waals surface area contributed by atoms with Crippen molar-refractivity contribution in [3.63, 3.8) is 0 Å². The molecule has 1 rings (SSSR count). The highest BCUT2D eigenvalue weighted by Gasteiger charge is 2.21. The molecule has 0 aliphatic carbocycles. The molecule has 0 radical (unpaired) electrons. The van der Waals surface area contributed by atoms with Crippen molar-refractivity contribution in [1.82, 2.24) is 0 Å². The van der Waals surface area contributed by atoms with Gasteiger partial charge in [0, 0.05) is 0 Å². The topological polar surface area (TPSA) is 71.7 Å². The molecule has 0 bridgehead atoms. The molecule has 18 heavy (non-hydrogen) atoms. The van der Waals surface area contributed by atoms with Gasteiger partial charge in [0.05, 0.1) is 39.4 Å². The van der Waals surface area contributed by atoms with Crippen LogP contribution in [0.15, 0.2) is 12.1 Å². The highest BCUT2D eigenvalue weighted by atomic mass is 16.5. The summed E-state index contributed by atoms with van der Waals surface area (Å²) in [6.07, 6.45) is -0.780. The zero-order valence-electron chi connectivity index (χ0n) is 10.9. The summed E-state index contributed by atoms with van der Waals surface area (Å²) in [5.41, 5.74) is 0.627. The van der Waals surface area contributed by atoms with Crippen molar-refractivity contribution < 1.29 is 19.3 Å². The van der Waals surface area contributed by atoms with Crippen LogP contribution in [0.5, 0.6) is 17.2 Å².